The SMILES string of the molecule is CSCCCNc1nc(C)ccc1[N+](=O)[O-]. The van der Waals surface area contributed by atoms with Crippen LogP contribution < -0.4 is 5.32 Å². The summed E-state index contributed by atoms with van der Waals surface area (Å²) in [6.07, 6.45) is 3.00. The van der Waals surface area contributed by atoms with Crippen LogP contribution in [0.4, 0.5) is 11.5 Å². The Labute approximate surface area is 98.8 Å². The van der Waals surface area contributed by atoms with E-state index in [1.165, 1.54) is 6.07 Å². The molecule has 0 radical (unpaired) electrons. The highest BCUT2D eigenvalue weighted by molar-refractivity contribution is 7.98. The molecule has 1 heterocycles. The van der Waals surface area contributed by atoms with E-state index < -0.39 is 4.92 Å². The number of aryl methyl sites for hydroxylation is 1. The molecule has 0 saturated heterocycles. The highest BCUT2D eigenvalue weighted by atomic mass is 32.2. The molecule has 6 heteroatoms. The Bertz CT molecular complexity index is 371. The van der Waals surface area contributed by atoms with E-state index in [4.69, 9.17) is 0 Å². The lowest BCUT2D eigenvalue weighted by Gasteiger charge is -2.06. The number of pyridine rings is 1. The van der Waals surface area contributed by atoms with Crippen LogP contribution in [0, 0.1) is 17.0 Å². The molecule has 0 atom stereocenters. The molecule has 1 rings (SSSR count). The smallest absolute Gasteiger partial charge is 0.311 e. The quantitative estimate of drug-likeness (QED) is 0.470. The van der Waals surface area contributed by atoms with Gasteiger partial charge in [0.15, 0.2) is 0 Å². The van der Waals surface area contributed by atoms with Crippen molar-refractivity contribution in [2.75, 3.05) is 23.9 Å². The number of nitrogens with zero attached hydrogens (tertiary/aromatic N) is 2. The van der Waals surface area contributed by atoms with Crippen LogP contribution in [-0.4, -0.2) is 28.5 Å². The number of nitrogens with one attached hydrogen (secondary N) is 1. The van der Waals surface area contributed by atoms with Crippen molar-refractivity contribution < 1.29 is 4.92 Å². The van der Waals surface area contributed by atoms with Gasteiger partial charge in [-0.3, -0.25) is 10.1 Å². The minimum absolute atomic E-state index is 0.0368. The second-order valence-electron chi connectivity index (χ2n) is 3.35. The lowest BCUT2D eigenvalue weighted by atomic mass is 10.3. The predicted molar refractivity (Wildman–Crippen MR) is 67.1 cm³/mol. The van der Waals surface area contributed by atoms with Gasteiger partial charge in [-0.25, -0.2) is 4.98 Å². The van der Waals surface area contributed by atoms with Crippen molar-refractivity contribution >= 4 is 23.3 Å². The van der Waals surface area contributed by atoms with Crippen LogP contribution in [0.2, 0.25) is 0 Å². The second-order valence-corrected chi connectivity index (χ2v) is 4.34. The van der Waals surface area contributed by atoms with Crippen LogP contribution in [-0.2, 0) is 0 Å². The van der Waals surface area contributed by atoms with Gasteiger partial charge in [0.2, 0.25) is 5.82 Å². The van der Waals surface area contributed by atoms with E-state index >= 15 is 0 Å². The Kier molecular flexibility index (Phi) is 5.04. The molecule has 0 bridgehead atoms. The van der Waals surface area contributed by atoms with E-state index in [2.05, 4.69) is 10.3 Å². The minimum atomic E-state index is -0.413. The van der Waals surface area contributed by atoms with Crippen molar-refractivity contribution in [1.29, 1.82) is 0 Å². The van der Waals surface area contributed by atoms with Gasteiger partial charge < -0.3 is 5.32 Å². The summed E-state index contributed by atoms with van der Waals surface area (Å²) in [7, 11) is 0. The topological polar surface area (TPSA) is 68.1 Å². The van der Waals surface area contributed by atoms with Crippen molar-refractivity contribution in [3.05, 3.63) is 27.9 Å². The molecule has 5 nitrogen and oxygen atoms in total. The molecule has 1 N–H and O–H groups in total. The molecule has 0 aliphatic heterocycles. The van der Waals surface area contributed by atoms with Gasteiger partial charge in [0.1, 0.15) is 0 Å². The van der Waals surface area contributed by atoms with Crippen molar-refractivity contribution in [2.24, 2.45) is 0 Å². The summed E-state index contributed by atoms with van der Waals surface area (Å²) < 4.78 is 0. The molecule has 0 aromatic carbocycles. The number of anilines is 1. The molecule has 16 heavy (non-hydrogen) atoms. The lowest BCUT2D eigenvalue weighted by Crippen LogP contribution is -2.07. The fourth-order valence-corrected chi connectivity index (χ4v) is 1.68. The number of hydrogen-bond donors (Lipinski definition) is 1. The average Bonchev–Trinajstić information content (AvgIpc) is 2.24. The fourth-order valence-electron chi connectivity index (χ4n) is 1.25. The van der Waals surface area contributed by atoms with E-state index in [1.54, 1.807) is 17.8 Å². The van der Waals surface area contributed by atoms with Crippen molar-refractivity contribution in [1.82, 2.24) is 4.98 Å². The van der Waals surface area contributed by atoms with Crippen LogP contribution in [0.5, 0.6) is 0 Å². The maximum absolute atomic E-state index is 10.7. The highest BCUT2D eigenvalue weighted by Crippen LogP contribution is 2.21. The van der Waals surface area contributed by atoms with E-state index in [0.29, 0.717) is 12.4 Å². The molecule has 0 spiro atoms. The Morgan fingerprint density at radius 2 is 2.31 bits per heavy atom. The van der Waals surface area contributed by atoms with Crippen molar-refractivity contribution in [3.8, 4) is 0 Å². The standard InChI is InChI=1S/C10H15N3O2S/c1-8-4-5-9(13(14)15)10(12-8)11-6-3-7-16-2/h4-5H,3,6-7H2,1-2H3,(H,11,12). The predicted octanol–water partition coefficient (Wildman–Crippen LogP) is 2.46. The maximum Gasteiger partial charge on any atom is 0.311 e. The summed E-state index contributed by atoms with van der Waals surface area (Å²) in [5.74, 6) is 1.40. The summed E-state index contributed by atoms with van der Waals surface area (Å²) in [6, 6.07) is 3.13. The first-order valence-corrected chi connectivity index (χ1v) is 6.39. The Balaban J connectivity index is 2.68. The zero-order valence-electron chi connectivity index (χ0n) is 9.40. The Morgan fingerprint density at radius 3 is 2.94 bits per heavy atom. The number of hydrogen-bond acceptors (Lipinski definition) is 5. The summed E-state index contributed by atoms with van der Waals surface area (Å²) in [4.78, 5) is 14.5. The molecular formula is C10H15N3O2S. The van der Waals surface area contributed by atoms with Crippen LogP contribution in [0.15, 0.2) is 12.1 Å². The number of aromatic nitrogens is 1. The third-order valence-electron chi connectivity index (χ3n) is 2.03. The monoisotopic (exact) mass is 241 g/mol. The lowest BCUT2D eigenvalue weighted by molar-refractivity contribution is -0.384. The first-order chi connectivity index (χ1) is 7.65. The largest absolute Gasteiger partial charge is 0.364 e. The first-order valence-electron chi connectivity index (χ1n) is 5.00. The minimum Gasteiger partial charge on any atom is -0.364 e. The Morgan fingerprint density at radius 1 is 1.56 bits per heavy atom. The van der Waals surface area contributed by atoms with Gasteiger partial charge in [-0.1, -0.05) is 0 Å². The maximum atomic E-state index is 10.7. The van der Waals surface area contributed by atoms with Gasteiger partial charge in [0, 0.05) is 18.3 Å². The third-order valence-corrected chi connectivity index (χ3v) is 2.72. The van der Waals surface area contributed by atoms with E-state index in [-0.39, 0.29) is 5.69 Å². The van der Waals surface area contributed by atoms with E-state index in [0.717, 1.165) is 17.9 Å². The normalized spacial score (nSPS) is 10.1. The Hall–Kier alpha value is -1.30. The third kappa shape index (κ3) is 3.69. The van der Waals surface area contributed by atoms with Crippen molar-refractivity contribution in [3.63, 3.8) is 0 Å². The molecule has 1 aromatic heterocycles. The van der Waals surface area contributed by atoms with Gasteiger partial charge in [-0.05, 0) is 31.4 Å². The van der Waals surface area contributed by atoms with Crippen molar-refractivity contribution in [2.45, 2.75) is 13.3 Å². The molecule has 0 aliphatic carbocycles. The zero-order valence-corrected chi connectivity index (χ0v) is 10.2. The van der Waals surface area contributed by atoms with Crippen LogP contribution in [0.25, 0.3) is 0 Å². The molecule has 88 valence electrons. The van der Waals surface area contributed by atoms with Crippen LogP contribution in [0.1, 0.15) is 12.1 Å². The molecule has 0 aliphatic rings. The summed E-state index contributed by atoms with van der Waals surface area (Å²) in [5.41, 5.74) is 0.813. The van der Waals surface area contributed by atoms with E-state index in [1.807, 2.05) is 13.2 Å². The van der Waals surface area contributed by atoms with Gasteiger partial charge >= 0.3 is 5.69 Å². The highest BCUT2D eigenvalue weighted by Gasteiger charge is 2.14. The molecule has 0 fully saturated rings. The summed E-state index contributed by atoms with van der Waals surface area (Å²) in [6.45, 7) is 2.52. The summed E-state index contributed by atoms with van der Waals surface area (Å²) >= 11 is 1.76. The second kappa shape index (κ2) is 6.32. The number of rotatable bonds is 6. The average molecular weight is 241 g/mol. The molecule has 0 unspecified atom stereocenters. The van der Waals surface area contributed by atoms with Gasteiger partial charge in [0.05, 0.1) is 4.92 Å². The molecule has 1 aromatic rings. The number of thioether (sulfide) groups is 1. The van der Waals surface area contributed by atoms with Gasteiger partial charge in [-0.15, -0.1) is 0 Å². The molecule has 0 saturated carbocycles. The van der Waals surface area contributed by atoms with Crippen LogP contribution in [0.3, 0.4) is 0 Å². The first kappa shape index (κ1) is 12.8. The molecular weight excluding hydrogens is 226 g/mol. The summed E-state index contributed by atoms with van der Waals surface area (Å²) in [5, 5.41) is 13.7. The van der Waals surface area contributed by atoms with Gasteiger partial charge in [0.25, 0.3) is 0 Å². The molecule has 0 amide bonds. The van der Waals surface area contributed by atoms with Gasteiger partial charge in [-0.2, -0.15) is 11.8 Å². The van der Waals surface area contributed by atoms with Crippen LogP contribution >= 0.6 is 11.8 Å². The fraction of sp³-hybridized carbons (Fsp3) is 0.500. The van der Waals surface area contributed by atoms with E-state index in [9.17, 15) is 10.1 Å². The number of nitro groups is 1. The zero-order chi connectivity index (χ0) is 12.0.